The van der Waals surface area contributed by atoms with Gasteiger partial charge in [0.2, 0.25) is 5.69 Å². The number of hydrogen-bond donors (Lipinski definition) is 0. The lowest BCUT2D eigenvalue weighted by Gasteiger charge is -2.19. The van der Waals surface area contributed by atoms with Gasteiger partial charge in [-0.2, -0.15) is 4.57 Å². The van der Waals surface area contributed by atoms with E-state index in [9.17, 15) is 0 Å². The molecule has 0 bridgehead atoms. The van der Waals surface area contributed by atoms with Gasteiger partial charge < -0.3 is 4.90 Å². The Morgan fingerprint density at radius 2 is 2.20 bits per heavy atom. The van der Waals surface area contributed by atoms with Crippen LogP contribution in [-0.4, -0.2) is 11.4 Å². The van der Waals surface area contributed by atoms with Crippen molar-refractivity contribution in [2.75, 3.05) is 6.54 Å². The second-order valence-electron chi connectivity index (χ2n) is 3.78. The van der Waals surface area contributed by atoms with Gasteiger partial charge in [0.05, 0.1) is 6.54 Å². The van der Waals surface area contributed by atoms with E-state index in [0.717, 1.165) is 13.1 Å². The number of nitrogens with zero attached hydrogens (tertiary/aromatic N) is 2. The summed E-state index contributed by atoms with van der Waals surface area (Å²) in [5.74, 6) is 0. The van der Waals surface area contributed by atoms with Crippen molar-refractivity contribution in [3.05, 3.63) is 60.2 Å². The van der Waals surface area contributed by atoms with Gasteiger partial charge in [0, 0.05) is 30.1 Å². The van der Waals surface area contributed by atoms with E-state index in [-0.39, 0.29) is 0 Å². The maximum absolute atomic E-state index is 2.28. The van der Waals surface area contributed by atoms with E-state index in [1.807, 2.05) is 0 Å². The lowest BCUT2D eigenvalue weighted by atomic mass is 10.2. The van der Waals surface area contributed by atoms with Crippen LogP contribution in [0.4, 0.5) is 0 Å². The van der Waals surface area contributed by atoms with Gasteiger partial charge in [-0.25, -0.2) is 0 Å². The molecule has 74 valence electrons. The Labute approximate surface area is 89.5 Å². The Hall–Kier alpha value is -1.83. The predicted octanol–water partition coefficient (Wildman–Crippen LogP) is 1.71. The van der Waals surface area contributed by atoms with Gasteiger partial charge in [-0.05, 0) is 18.2 Å². The minimum absolute atomic E-state index is 1.04. The van der Waals surface area contributed by atoms with Crippen LogP contribution in [0.3, 0.4) is 0 Å². The first kappa shape index (κ1) is 8.48. The van der Waals surface area contributed by atoms with Gasteiger partial charge in [0.1, 0.15) is 0 Å². The lowest BCUT2D eigenvalue weighted by Crippen LogP contribution is -2.39. The highest BCUT2D eigenvalue weighted by Gasteiger charge is 2.17. The van der Waals surface area contributed by atoms with E-state index in [2.05, 4.69) is 64.4 Å². The molecule has 3 rings (SSSR count). The molecule has 3 heterocycles. The van der Waals surface area contributed by atoms with Crippen molar-refractivity contribution < 1.29 is 4.57 Å². The van der Waals surface area contributed by atoms with Crippen molar-refractivity contribution in [2.45, 2.75) is 6.54 Å². The average molecular weight is 197 g/mol. The van der Waals surface area contributed by atoms with Crippen LogP contribution in [0.15, 0.2) is 54.5 Å². The van der Waals surface area contributed by atoms with Crippen molar-refractivity contribution in [2.24, 2.45) is 0 Å². The van der Waals surface area contributed by atoms with Crippen LogP contribution in [0.5, 0.6) is 0 Å². The maximum Gasteiger partial charge on any atom is 0.207 e. The largest absolute Gasteiger partial charge is 0.341 e. The summed E-state index contributed by atoms with van der Waals surface area (Å²) in [5, 5.41) is 0. The van der Waals surface area contributed by atoms with Crippen LogP contribution < -0.4 is 4.57 Å². The lowest BCUT2D eigenvalue weighted by molar-refractivity contribution is -0.697. The quantitative estimate of drug-likeness (QED) is 0.574. The number of hydrogen-bond acceptors (Lipinski definition) is 1. The van der Waals surface area contributed by atoms with Gasteiger partial charge in [0.25, 0.3) is 0 Å². The fourth-order valence-corrected chi connectivity index (χ4v) is 2.02. The monoisotopic (exact) mass is 197 g/mol. The molecule has 0 fully saturated rings. The molecule has 1 aromatic rings. The Morgan fingerprint density at radius 1 is 1.20 bits per heavy atom. The molecule has 0 saturated heterocycles. The van der Waals surface area contributed by atoms with Gasteiger partial charge in [-0.1, -0.05) is 6.08 Å². The van der Waals surface area contributed by atoms with Gasteiger partial charge in [-0.15, -0.1) is 0 Å². The zero-order chi connectivity index (χ0) is 10.1. The molecule has 0 unspecified atom stereocenters. The number of allylic oxidation sites excluding steroid dienone is 3. The number of rotatable bonds is 0. The second kappa shape index (κ2) is 3.39. The average Bonchev–Trinajstić information content (AvgIpc) is 2.48. The molecule has 0 aromatic carbocycles. The fourth-order valence-electron chi connectivity index (χ4n) is 2.02. The molecule has 2 aliphatic rings. The Kier molecular flexibility index (Phi) is 1.91. The SMILES string of the molecule is C1=CC2=Cc3cccc[n+]3CCN2C=C1. The van der Waals surface area contributed by atoms with Crippen LogP contribution in [0.1, 0.15) is 5.69 Å². The van der Waals surface area contributed by atoms with E-state index >= 15 is 0 Å². The van der Waals surface area contributed by atoms with Crippen molar-refractivity contribution in [1.29, 1.82) is 0 Å². The van der Waals surface area contributed by atoms with Gasteiger partial charge >= 0.3 is 0 Å². The van der Waals surface area contributed by atoms with E-state index < -0.39 is 0 Å². The molecule has 0 radical (unpaired) electrons. The number of pyridine rings is 1. The molecule has 2 aliphatic heterocycles. The standard InChI is InChI=1S/C13H13N2/c1-3-7-14-9-10-15-8-4-2-6-13(15)11-12(14)5-1/h1-8,11H,9-10H2/q+1. The highest BCUT2D eigenvalue weighted by molar-refractivity contribution is 5.52. The zero-order valence-electron chi connectivity index (χ0n) is 8.50. The highest BCUT2D eigenvalue weighted by atomic mass is 15.2. The third kappa shape index (κ3) is 1.48. The van der Waals surface area contributed by atoms with Crippen LogP contribution in [0.2, 0.25) is 0 Å². The summed E-state index contributed by atoms with van der Waals surface area (Å²) in [6, 6.07) is 6.32. The summed E-state index contributed by atoms with van der Waals surface area (Å²) < 4.78 is 2.28. The molecule has 0 aliphatic carbocycles. The van der Waals surface area contributed by atoms with E-state index in [1.165, 1.54) is 11.4 Å². The third-order valence-corrected chi connectivity index (χ3v) is 2.83. The molecule has 1 aromatic heterocycles. The van der Waals surface area contributed by atoms with Crippen molar-refractivity contribution in [3.8, 4) is 0 Å². The minimum atomic E-state index is 1.04. The summed E-state index contributed by atoms with van der Waals surface area (Å²) in [4.78, 5) is 2.28. The van der Waals surface area contributed by atoms with E-state index in [4.69, 9.17) is 0 Å². The van der Waals surface area contributed by atoms with Gasteiger partial charge in [0.15, 0.2) is 12.7 Å². The Balaban J connectivity index is 2.09. The summed E-state index contributed by atoms with van der Waals surface area (Å²) >= 11 is 0. The van der Waals surface area contributed by atoms with Crippen molar-refractivity contribution >= 4 is 6.08 Å². The maximum atomic E-state index is 2.28. The number of aromatic nitrogens is 1. The molecular formula is C13H13N2+. The molecular weight excluding hydrogens is 184 g/mol. The smallest absolute Gasteiger partial charge is 0.207 e. The molecule has 0 amide bonds. The van der Waals surface area contributed by atoms with Crippen LogP contribution in [-0.2, 0) is 6.54 Å². The summed E-state index contributed by atoms with van der Waals surface area (Å²) in [6.07, 6.45) is 12.8. The molecule has 2 heteroatoms. The summed E-state index contributed by atoms with van der Waals surface area (Å²) in [6.45, 7) is 2.07. The molecule has 0 spiro atoms. The Morgan fingerprint density at radius 3 is 3.20 bits per heavy atom. The van der Waals surface area contributed by atoms with E-state index in [0.29, 0.717) is 0 Å². The first-order chi connectivity index (χ1) is 7.43. The van der Waals surface area contributed by atoms with Crippen LogP contribution >= 0.6 is 0 Å². The van der Waals surface area contributed by atoms with Gasteiger partial charge in [-0.3, -0.25) is 0 Å². The van der Waals surface area contributed by atoms with Crippen molar-refractivity contribution in [3.63, 3.8) is 0 Å². The van der Waals surface area contributed by atoms with E-state index in [1.54, 1.807) is 0 Å². The highest BCUT2D eigenvalue weighted by Crippen LogP contribution is 2.16. The second-order valence-corrected chi connectivity index (χ2v) is 3.78. The number of fused-ring (bicyclic) bond motifs is 2. The first-order valence-corrected chi connectivity index (χ1v) is 5.25. The van der Waals surface area contributed by atoms with Crippen LogP contribution in [0, 0.1) is 0 Å². The summed E-state index contributed by atoms with van der Waals surface area (Å²) in [5.41, 5.74) is 2.55. The molecule has 2 nitrogen and oxygen atoms in total. The summed E-state index contributed by atoms with van der Waals surface area (Å²) in [7, 11) is 0. The topological polar surface area (TPSA) is 7.12 Å². The molecule has 15 heavy (non-hydrogen) atoms. The molecule has 0 atom stereocenters. The molecule has 0 N–H and O–H groups in total. The first-order valence-electron chi connectivity index (χ1n) is 5.25. The predicted molar refractivity (Wildman–Crippen MR) is 59.6 cm³/mol. The third-order valence-electron chi connectivity index (χ3n) is 2.83. The molecule has 0 saturated carbocycles. The fraction of sp³-hybridized carbons (Fsp3) is 0.154. The normalized spacial score (nSPS) is 17.9. The minimum Gasteiger partial charge on any atom is -0.341 e. The Bertz CT molecular complexity index is 469. The zero-order valence-corrected chi connectivity index (χ0v) is 8.50. The van der Waals surface area contributed by atoms with Crippen molar-refractivity contribution in [1.82, 2.24) is 4.90 Å². The van der Waals surface area contributed by atoms with Crippen LogP contribution in [0.25, 0.3) is 6.08 Å².